The summed E-state index contributed by atoms with van der Waals surface area (Å²) in [5.74, 6) is 0.252. The van der Waals surface area contributed by atoms with Crippen molar-refractivity contribution < 1.29 is 5.11 Å². The van der Waals surface area contributed by atoms with Gasteiger partial charge in [-0.2, -0.15) is 5.10 Å². The summed E-state index contributed by atoms with van der Waals surface area (Å²) in [6, 6.07) is 5.31. The molecule has 4 heteroatoms. The number of aryl methyl sites for hydroxylation is 1. The molecule has 0 bridgehead atoms. The molecule has 0 aliphatic heterocycles. The first kappa shape index (κ1) is 9.02. The molecule has 1 aromatic heterocycles. The Morgan fingerprint density at radius 2 is 2.29 bits per heavy atom. The highest BCUT2D eigenvalue weighted by Gasteiger charge is 2.11. The lowest BCUT2D eigenvalue weighted by atomic mass is 10.2. The molecule has 0 unspecified atom stereocenters. The number of hydrogen-bond acceptors (Lipinski definition) is 3. The fraction of sp³-hybridized carbons (Fsp3) is 0.300. The standard InChI is InChI=1S/C10H13N3O/c1-2-13-8(6-11)10-7(12-13)4-3-5-9(10)14/h3-5,14H,2,6,11H2,1H3. The lowest BCUT2D eigenvalue weighted by Crippen LogP contribution is -2.07. The van der Waals surface area contributed by atoms with Crippen molar-refractivity contribution in [3.8, 4) is 5.75 Å². The third-order valence-electron chi connectivity index (χ3n) is 2.34. The normalized spacial score (nSPS) is 11.0. The molecule has 2 aromatic rings. The Morgan fingerprint density at radius 1 is 1.50 bits per heavy atom. The molecule has 3 N–H and O–H groups in total. The van der Waals surface area contributed by atoms with Crippen molar-refractivity contribution in [2.45, 2.75) is 20.0 Å². The van der Waals surface area contributed by atoms with Gasteiger partial charge in [-0.25, -0.2) is 0 Å². The first-order chi connectivity index (χ1) is 6.77. The van der Waals surface area contributed by atoms with E-state index < -0.39 is 0 Å². The molecule has 0 fully saturated rings. The monoisotopic (exact) mass is 191 g/mol. The summed E-state index contributed by atoms with van der Waals surface area (Å²) < 4.78 is 1.82. The van der Waals surface area contributed by atoms with Crippen LogP contribution in [0.2, 0.25) is 0 Å². The predicted octanol–water partition coefficient (Wildman–Crippen LogP) is 1.22. The molecule has 1 aromatic carbocycles. The van der Waals surface area contributed by atoms with Crippen molar-refractivity contribution in [1.82, 2.24) is 9.78 Å². The second-order valence-corrected chi connectivity index (χ2v) is 3.14. The highest BCUT2D eigenvalue weighted by molar-refractivity contribution is 5.87. The van der Waals surface area contributed by atoms with Gasteiger partial charge in [0, 0.05) is 13.1 Å². The Balaban J connectivity index is 2.81. The van der Waals surface area contributed by atoms with Crippen LogP contribution in [0.3, 0.4) is 0 Å². The van der Waals surface area contributed by atoms with Crippen molar-refractivity contribution in [1.29, 1.82) is 0 Å². The summed E-state index contributed by atoms with van der Waals surface area (Å²) in [5.41, 5.74) is 7.32. The molecular weight excluding hydrogens is 178 g/mol. The van der Waals surface area contributed by atoms with Gasteiger partial charge in [0.2, 0.25) is 0 Å². The smallest absolute Gasteiger partial charge is 0.126 e. The number of rotatable bonds is 2. The highest BCUT2D eigenvalue weighted by Crippen LogP contribution is 2.27. The molecule has 0 aliphatic carbocycles. The van der Waals surface area contributed by atoms with Crippen LogP contribution in [-0.2, 0) is 13.1 Å². The quantitative estimate of drug-likeness (QED) is 0.750. The van der Waals surface area contributed by atoms with Crippen molar-refractivity contribution in [2.24, 2.45) is 5.73 Å². The van der Waals surface area contributed by atoms with Crippen LogP contribution in [0.15, 0.2) is 18.2 Å². The van der Waals surface area contributed by atoms with Crippen LogP contribution in [0.25, 0.3) is 10.9 Å². The molecule has 0 atom stereocenters. The zero-order chi connectivity index (χ0) is 10.1. The second-order valence-electron chi connectivity index (χ2n) is 3.14. The van der Waals surface area contributed by atoms with Gasteiger partial charge < -0.3 is 10.8 Å². The van der Waals surface area contributed by atoms with E-state index >= 15 is 0 Å². The minimum Gasteiger partial charge on any atom is -0.507 e. The zero-order valence-corrected chi connectivity index (χ0v) is 8.07. The first-order valence-electron chi connectivity index (χ1n) is 4.65. The van der Waals surface area contributed by atoms with Gasteiger partial charge in [0.05, 0.1) is 16.6 Å². The lowest BCUT2D eigenvalue weighted by Gasteiger charge is -2.01. The molecule has 0 spiro atoms. The van der Waals surface area contributed by atoms with Gasteiger partial charge in [0.1, 0.15) is 5.75 Å². The highest BCUT2D eigenvalue weighted by atomic mass is 16.3. The molecule has 2 rings (SSSR count). The number of nitrogens with zero attached hydrogens (tertiary/aromatic N) is 2. The Kier molecular flexibility index (Phi) is 2.13. The third kappa shape index (κ3) is 1.15. The fourth-order valence-electron chi connectivity index (χ4n) is 1.70. The van der Waals surface area contributed by atoms with E-state index in [1.165, 1.54) is 0 Å². The number of fused-ring (bicyclic) bond motifs is 1. The van der Waals surface area contributed by atoms with Gasteiger partial charge in [-0.1, -0.05) is 6.07 Å². The Labute approximate surface area is 81.9 Å². The van der Waals surface area contributed by atoms with Gasteiger partial charge in [0.15, 0.2) is 0 Å². The van der Waals surface area contributed by atoms with Crippen LogP contribution in [0.5, 0.6) is 5.75 Å². The van der Waals surface area contributed by atoms with Crippen molar-refractivity contribution in [2.75, 3.05) is 0 Å². The molecule has 14 heavy (non-hydrogen) atoms. The minimum atomic E-state index is 0.252. The van der Waals surface area contributed by atoms with Gasteiger partial charge >= 0.3 is 0 Å². The lowest BCUT2D eigenvalue weighted by molar-refractivity contribution is 0.481. The summed E-state index contributed by atoms with van der Waals surface area (Å²) in [5, 5.41) is 14.8. The van der Waals surface area contributed by atoms with E-state index in [2.05, 4.69) is 5.10 Å². The van der Waals surface area contributed by atoms with Crippen molar-refractivity contribution in [3.63, 3.8) is 0 Å². The zero-order valence-electron chi connectivity index (χ0n) is 8.07. The number of aromatic nitrogens is 2. The number of benzene rings is 1. The Bertz CT molecular complexity index is 462. The van der Waals surface area contributed by atoms with E-state index in [1.807, 2.05) is 17.7 Å². The topological polar surface area (TPSA) is 64.1 Å². The summed E-state index contributed by atoms with van der Waals surface area (Å²) >= 11 is 0. The molecule has 0 saturated carbocycles. The molecular formula is C10H13N3O. The van der Waals surface area contributed by atoms with Crippen LogP contribution in [-0.4, -0.2) is 14.9 Å². The Hall–Kier alpha value is -1.55. The van der Waals surface area contributed by atoms with E-state index in [9.17, 15) is 5.11 Å². The van der Waals surface area contributed by atoms with Crippen molar-refractivity contribution >= 4 is 10.9 Å². The molecule has 0 amide bonds. The SMILES string of the molecule is CCn1nc2cccc(O)c2c1CN. The van der Waals surface area contributed by atoms with Gasteiger partial charge in [-0.05, 0) is 19.1 Å². The fourth-order valence-corrected chi connectivity index (χ4v) is 1.70. The number of hydrogen-bond donors (Lipinski definition) is 2. The van der Waals surface area contributed by atoms with Crippen LogP contribution in [0.1, 0.15) is 12.6 Å². The molecule has 0 radical (unpaired) electrons. The maximum Gasteiger partial charge on any atom is 0.126 e. The molecule has 0 saturated heterocycles. The van der Waals surface area contributed by atoms with Crippen LogP contribution in [0, 0.1) is 0 Å². The van der Waals surface area contributed by atoms with Crippen LogP contribution < -0.4 is 5.73 Å². The largest absolute Gasteiger partial charge is 0.507 e. The van der Waals surface area contributed by atoms with E-state index in [1.54, 1.807) is 12.1 Å². The summed E-state index contributed by atoms with van der Waals surface area (Å²) in [4.78, 5) is 0. The van der Waals surface area contributed by atoms with E-state index in [0.29, 0.717) is 6.54 Å². The summed E-state index contributed by atoms with van der Waals surface area (Å²) in [7, 11) is 0. The maximum absolute atomic E-state index is 9.68. The first-order valence-corrected chi connectivity index (χ1v) is 4.65. The van der Waals surface area contributed by atoms with Crippen molar-refractivity contribution in [3.05, 3.63) is 23.9 Å². The predicted molar refractivity (Wildman–Crippen MR) is 55.0 cm³/mol. The molecule has 0 aliphatic rings. The van der Waals surface area contributed by atoms with Crippen LogP contribution >= 0.6 is 0 Å². The third-order valence-corrected chi connectivity index (χ3v) is 2.34. The average Bonchev–Trinajstić information content (AvgIpc) is 2.56. The van der Waals surface area contributed by atoms with Crippen LogP contribution in [0.4, 0.5) is 0 Å². The summed E-state index contributed by atoms with van der Waals surface area (Å²) in [6.45, 7) is 3.16. The number of phenols is 1. The maximum atomic E-state index is 9.68. The van der Waals surface area contributed by atoms with Gasteiger partial charge in [0.25, 0.3) is 0 Å². The van der Waals surface area contributed by atoms with Gasteiger partial charge in [-0.3, -0.25) is 4.68 Å². The number of nitrogens with two attached hydrogens (primary N) is 1. The number of phenolic OH excluding ortho intramolecular Hbond substituents is 1. The molecule has 4 nitrogen and oxygen atoms in total. The summed E-state index contributed by atoms with van der Waals surface area (Å²) in [6.07, 6.45) is 0. The van der Waals surface area contributed by atoms with Gasteiger partial charge in [-0.15, -0.1) is 0 Å². The van der Waals surface area contributed by atoms with E-state index in [4.69, 9.17) is 5.73 Å². The average molecular weight is 191 g/mol. The minimum absolute atomic E-state index is 0.252. The molecule has 74 valence electrons. The van der Waals surface area contributed by atoms with E-state index in [0.717, 1.165) is 23.1 Å². The van der Waals surface area contributed by atoms with E-state index in [-0.39, 0.29) is 5.75 Å². The molecule has 1 heterocycles. The number of aromatic hydroxyl groups is 1. The second kappa shape index (κ2) is 3.31. The Morgan fingerprint density at radius 3 is 2.93 bits per heavy atom.